The third-order valence-electron chi connectivity index (χ3n) is 2.36. The number of aliphatic hydroxyl groups excluding tert-OH is 3. The fraction of sp³-hybridized carbons (Fsp3) is 0.538. The molecule has 0 radical (unpaired) electrons. The van der Waals surface area contributed by atoms with Crippen LogP contribution in [0.3, 0.4) is 0 Å². The standard InChI is InChI=1S/C13H22NO6/c15-6-9-18-14(19-10-7-16,20-11-8-17)12-13-4-2-1-3-5-13/h1-5,15-17H,6-12H2/q+1. The highest BCUT2D eigenvalue weighted by molar-refractivity contribution is 5.13. The molecule has 3 N–H and O–H groups in total. The Bertz CT molecular complexity index is 326. The number of nitrogens with zero attached hydrogens (tertiary/aromatic N) is 1. The van der Waals surface area contributed by atoms with E-state index >= 15 is 0 Å². The molecule has 0 atom stereocenters. The van der Waals surface area contributed by atoms with Crippen LogP contribution in [0.5, 0.6) is 0 Å². The van der Waals surface area contributed by atoms with Crippen molar-refractivity contribution >= 4 is 0 Å². The fourth-order valence-corrected chi connectivity index (χ4v) is 1.60. The van der Waals surface area contributed by atoms with Crippen LogP contribution in [-0.2, 0) is 21.1 Å². The van der Waals surface area contributed by atoms with Crippen LogP contribution in [0.1, 0.15) is 5.56 Å². The molecule has 0 unspecified atom stereocenters. The van der Waals surface area contributed by atoms with Gasteiger partial charge in [0.1, 0.15) is 19.8 Å². The van der Waals surface area contributed by atoms with Crippen LogP contribution in [0, 0.1) is 0 Å². The molecule has 0 saturated heterocycles. The molecule has 1 aromatic rings. The van der Waals surface area contributed by atoms with Crippen molar-refractivity contribution in [2.45, 2.75) is 6.54 Å². The van der Waals surface area contributed by atoms with Crippen LogP contribution >= 0.6 is 0 Å². The topological polar surface area (TPSA) is 88.4 Å². The van der Waals surface area contributed by atoms with Crippen molar-refractivity contribution in [1.29, 1.82) is 0 Å². The van der Waals surface area contributed by atoms with Gasteiger partial charge < -0.3 is 15.3 Å². The Kier molecular flexibility index (Phi) is 8.31. The van der Waals surface area contributed by atoms with Gasteiger partial charge in [-0.3, -0.25) is 0 Å². The SMILES string of the molecule is OCCO[N+](Cc1ccccc1)(OCCO)OCCO. The number of quaternary nitrogens is 1. The summed E-state index contributed by atoms with van der Waals surface area (Å²) in [5.41, 5.74) is 0.890. The van der Waals surface area contributed by atoms with Gasteiger partial charge >= 0.3 is 0 Å². The molecule has 0 bridgehead atoms. The van der Waals surface area contributed by atoms with Crippen molar-refractivity contribution in [2.75, 3.05) is 39.6 Å². The molecule has 0 aliphatic rings. The number of hydroxylamine groups is 3. The Morgan fingerprint density at radius 2 is 1.20 bits per heavy atom. The number of hydrogen-bond donors (Lipinski definition) is 3. The molecule has 0 heterocycles. The molecular formula is C13H22NO6+. The van der Waals surface area contributed by atoms with E-state index in [1.54, 1.807) is 0 Å². The summed E-state index contributed by atoms with van der Waals surface area (Å²) in [6.07, 6.45) is 0. The number of hydrogen-bond acceptors (Lipinski definition) is 6. The Labute approximate surface area is 118 Å². The van der Waals surface area contributed by atoms with Crippen molar-refractivity contribution in [2.24, 2.45) is 0 Å². The van der Waals surface area contributed by atoms with E-state index in [4.69, 9.17) is 29.8 Å². The van der Waals surface area contributed by atoms with E-state index in [-0.39, 0.29) is 46.2 Å². The summed E-state index contributed by atoms with van der Waals surface area (Å²) < 4.78 is 0. The Morgan fingerprint density at radius 3 is 1.60 bits per heavy atom. The first-order chi connectivity index (χ1) is 9.76. The van der Waals surface area contributed by atoms with Gasteiger partial charge in [-0.25, -0.2) is 0 Å². The zero-order chi connectivity index (χ0) is 14.7. The molecule has 0 fully saturated rings. The molecule has 0 saturated carbocycles. The maximum absolute atomic E-state index is 8.90. The first-order valence-electron chi connectivity index (χ1n) is 6.44. The summed E-state index contributed by atoms with van der Waals surface area (Å²) in [7, 11) is 0. The lowest BCUT2D eigenvalue weighted by atomic mass is 10.2. The normalized spacial score (nSPS) is 11.8. The van der Waals surface area contributed by atoms with Crippen molar-refractivity contribution in [1.82, 2.24) is 0 Å². The summed E-state index contributed by atoms with van der Waals surface area (Å²) >= 11 is 0. The van der Waals surface area contributed by atoms with Crippen LogP contribution in [-0.4, -0.2) is 59.9 Å². The monoisotopic (exact) mass is 288 g/mol. The summed E-state index contributed by atoms with van der Waals surface area (Å²) in [4.78, 5) is 15.5. The minimum Gasteiger partial charge on any atom is -0.394 e. The van der Waals surface area contributed by atoms with Crippen LogP contribution in [0.25, 0.3) is 0 Å². The molecule has 0 aliphatic heterocycles. The number of aliphatic hydroxyl groups is 3. The van der Waals surface area contributed by atoms with Gasteiger partial charge in [-0.05, 0) is 0 Å². The highest BCUT2D eigenvalue weighted by Gasteiger charge is 2.35. The molecule has 0 aromatic heterocycles. The zero-order valence-corrected chi connectivity index (χ0v) is 11.4. The van der Waals surface area contributed by atoms with Gasteiger partial charge in [-0.15, -0.1) is 14.5 Å². The first kappa shape index (κ1) is 17.0. The van der Waals surface area contributed by atoms with E-state index in [1.165, 1.54) is 0 Å². The molecular weight excluding hydrogens is 266 g/mol. The molecule has 1 aromatic carbocycles. The highest BCUT2D eigenvalue weighted by Crippen LogP contribution is 2.18. The predicted octanol–water partition coefficient (Wildman–Crippen LogP) is -0.225. The molecule has 0 amide bonds. The minimum absolute atomic E-state index is 0.00366. The summed E-state index contributed by atoms with van der Waals surface area (Å²) in [5, 5.41) is 26.7. The summed E-state index contributed by atoms with van der Waals surface area (Å²) in [6, 6.07) is 9.37. The quantitative estimate of drug-likeness (QED) is 0.385. The van der Waals surface area contributed by atoms with E-state index < -0.39 is 4.97 Å². The van der Waals surface area contributed by atoms with E-state index in [0.29, 0.717) is 0 Å². The zero-order valence-electron chi connectivity index (χ0n) is 11.4. The second-order valence-electron chi connectivity index (χ2n) is 3.93. The van der Waals surface area contributed by atoms with E-state index in [1.807, 2.05) is 30.3 Å². The van der Waals surface area contributed by atoms with Gasteiger partial charge in [-0.1, -0.05) is 30.3 Å². The Balaban J connectivity index is 2.81. The number of benzene rings is 1. The van der Waals surface area contributed by atoms with Crippen molar-refractivity contribution in [3.63, 3.8) is 0 Å². The minimum atomic E-state index is -0.675. The molecule has 114 valence electrons. The van der Waals surface area contributed by atoms with Gasteiger partial charge in [0.25, 0.3) is 0 Å². The van der Waals surface area contributed by atoms with E-state index in [2.05, 4.69) is 0 Å². The molecule has 0 aliphatic carbocycles. The maximum Gasteiger partial charge on any atom is 0.203 e. The van der Waals surface area contributed by atoms with Crippen molar-refractivity contribution in [3.8, 4) is 0 Å². The highest BCUT2D eigenvalue weighted by atomic mass is 17.2. The van der Waals surface area contributed by atoms with Crippen molar-refractivity contribution in [3.05, 3.63) is 35.9 Å². The molecule has 20 heavy (non-hydrogen) atoms. The van der Waals surface area contributed by atoms with Gasteiger partial charge in [-0.2, -0.15) is 0 Å². The smallest absolute Gasteiger partial charge is 0.203 e. The second-order valence-corrected chi connectivity index (χ2v) is 3.93. The average molecular weight is 288 g/mol. The molecule has 7 heteroatoms. The number of rotatable bonds is 11. The van der Waals surface area contributed by atoms with Gasteiger partial charge in [0.2, 0.25) is 6.54 Å². The lowest BCUT2D eigenvalue weighted by Crippen LogP contribution is -2.48. The molecule has 0 spiro atoms. The fourth-order valence-electron chi connectivity index (χ4n) is 1.60. The van der Waals surface area contributed by atoms with E-state index in [9.17, 15) is 0 Å². The second kappa shape index (κ2) is 9.78. The van der Waals surface area contributed by atoms with Crippen LogP contribution in [0.4, 0.5) is 0 Å². The molecule has 7 nitrogen and oxygen atoms in total. The van der Waals surface area contributed by atoms with Crippen LogP contribution in [0.15, 0.2) is 30.3 Å². The maximum atomic E-state index is 8.90. The Hall–Kier alpha value is -1.06. The van der Waals surface area contributed by atoms with Crippen LogP contribution in [0.2, 0.25) is 0 Å². The third kappa shape index (κ3) is 5.93. The van der Waals surface area contributed by atoms with Crippen LogP contribution < -0.4 is 0 Å². The largest absolute Gasteiger partial charge is 0.394 e. The summed E-state index contributed by atoms with van der Waals surface area (Å²) in [5.74, 6) is 0. The lowest BCUT2D eigenvalue weighted by molar-refractivity contribution is -1.38. The van der Waals surface area contributed by atoms with E-state index in [0.717, 1.165) is 5.56 Å². The lowest BCUT2D eigenvalue weighted by Gasteiger charge is -2.29. The van der Waals surface area contributed by atoms with Crippen molar-refractivity contribution < 1.29 is 34.8 Å². The molecule has 1 rings (SSSR count). The van der Waals surface area contributed by atoms with Gasteiger partial charge in [0.05, 0.1) is 24.8 Å². The first-order valence-corrected chi connectivity index (χ1v) is 6.44. The third-order valence-corrected chi connectivity index (χ3v) is 2.36. The van der Waals surface area contributed by atoms with Gasteiger partial charge in [0, 0.05) is 5.56 Å². The predicted molar refractivity (Wildman–Crippen MR) is 69.5 cm³/mol. The summed E-state index contributed by atoms with van der Waals surface area (Å²) in [6.45, 7) is -0.350. The average Bonchev–Trinajstić information content (AvgIpc) is 2.49. The Morgan fingerprint density at radius 1 is 0.750 bits per heavy atom. The van der Waals surface area contributed by atoms with Gasteiger partial charge in [0.15, 0.2) is 0 Å².